The van der Waals surface area contributed by atoms with Gasteiger partial charge in [0.05, 0.1) is 5.92 Å². The molecule has 0 unspecified atom stereocenters. The SMILES string of the molecule is Cc1ccc(F)cc1NC(=O)[C@H]1CC(=O)N(Cc2ccccc2Cl)C1. The Morgan fingerprint density at radius 1 is 1.32 bits per heavy atom. The lowest BCUT2D eigenvalue weighted by atomic mass is 10.1. The number of benzene rings is 2. The van der Waals surface area contributed by atoms with Crippen LogP contribution in [0.15, 0.2) is 42.5 Å². The van der Waals surface area contributed by atoms with Crippen molar-refractivity contribution in [3.05, 3.63) is 64.4 Å². The molecule has 0 radical (unpaired) electrons. The Morgan fingerprint density at radius 2 is 2.08 bits per heavy atom. The fourth-order valence-corrected chi connectivity index (χ4v) is 3.09. The first-order valence-electron chi connectivity index (χ1n) is 8.02. The zero-order chi connectivity index (χ0) is 18.0. The van der Waals surface area contributed by atoms with E-state index in [9.17, 15) is 14.0 Å². The molecule has 0 saturated carbocycles. The maximum atomic E-state index is 13.4. The van der Waals surface area contributed by atoms with Crippen molar-refractivity contribution in [3.8, 4) is 0 Å². The third-order valence-electron chi connectivity index (χ3n) is 4.36. The molecule has 0 bridgehead atoms. The first-order chi connectivity index (χ1) is 11.9. The van der Waals surface area contributed by atoms with Crippen LogP contribution in [-0.4, -0.2) is 23.3 Å². The average molecular weight is 361 g/mol. The van der Waals surface area contributed by atoms with Gasteiger partial charge in [0.25, 0.3) is 0 Å². The number of halogens is 2. The monoisotopic (exact) mass is 360 g/mol. The third-order valence-corrected chi connectivity index (χ3v) is 4.73. The number of aryl methyl sites for hydroxylation is 1. The summed E-state index contributed by atoms with van der Waals surface area (Å²) < 4.78 is 13.4. The molecule has 2 aromatic carbocycles. The van der Waals surface area contributed by atoms with E-state index in [4.69, 9.17) is 11.6 Å². The van der Waals surface area contributed by atoms with Crippen LogP contribution in [0.3, 0.4) is 0 Å². The first kappa shape index (κ1) is 17.4. The van der Waals surface area contributed by atoms with Gasteiger partial charge in [-0.15, -0.1) is 0 Å². The lowest BCUT2D eigenvalue weighted by molar-refractivity contribution is -0.128. The highest BCUT2D eigenvalue weighted by molar-refractivity contribution is 6.31. The van der Waals surface area contributed by atoms with Crippen molar-refractivity contribution in [2.24, 2.45) is 5.92 Å². The minimum absolute atomic E-state index is 0.0870. The predicted octanol–water partition coefficient (Wildman–Crippen LogP) is 3.77. The number of hydrogen-bond acceptors (Lipinski definition) is 2. The van der Waals surface area contributed by atoms with E-state index in [2.05, 4.69) is 5.32 Å². The standard InChI is InChI=1S/C19H18ClFN2O2/c1-12-6-7-15(21)9-17(12)22-19(25)14-8-18(24)23(11-14)10-13-4-2-3-5-16(13)20/h2-7,9,14H,8,10-11H2,1H3,(H,22,25)/t14-/m0/s1. The van der Waals surface area contributed by atoms with Gasteiger partial charge >= 0.3 is 0 Å². The number of nitrogens with zero attached hydrogens (tertiary/aromatic N) is 1. The quantitative estimate of drug-likeness (QED) is 0.902. The smallest absolute Gasteiger partial charge is 0.229 e. The molecule has 1 aliphatic rings. The van der Waals surface area contributed by atoms with Crippen molar-refractivity contribution >= 4 is 29.1 Å². The van der Waals surface area contributed by atoms with Gasteiger partial charge in [-0.2, -0.15) is 0 Å². The molecule has 0 spiro atoms. The minimum Gasteiger partial charge on any atom is -0.337 e. The van der Waals surface area contributed by atoms with Crippen LogP contribution in [0.4, 0.5) is 10.1 Å². The maximum absolute atomic E-state index is 13.4. The van der Waals surface area contributed by atoms with Crippen molar-refractivity contribution in [3.63, 3.8) is 0 Å². The van der Waals surface area contributed by atoms with E-state index >= 15 is 0 Å². The molecule has 2 aromatic rings. The van der Waals surface area contributed by atoms with Gasteiger partial charge in [0.15, 0.2) is 0 Å². The molecule has 25 heavy (non-hydrogen) atoms. The summed E-state index contributed by atoms with van der Waals surface area (Å²) in [7, 11) is 0. The van der Waals surface area contributed by atoms with E-state index in [1.54, 1.807) is 24.0 Å². The second-order valence-electron chi connectivity index (χ2n) is 6.22. The van der Waals surface area contributed by atoms with Crippen molar-refractivity contribution in [1.29, 1.82) is 0 Å². The molecular formula is C19H18ClFN2O2. The Labute approximate surface area is 150 Å². The summed E-state index contributed by atoms with van der Waals surface area (Å²) in [6.07, 6.45) is 0.144. The molecule has 0 aromatic heterocycles. The number of anilines is 1. The van der Waals surface area contributed by atoms with Gasteiger partial charge < -0.3 is 10.2 Å². The summed E-state index contributed by atoms with van der Waals surface area (Å²) >= 11 is 6.14. The van der Waals surface area contributed by atoms with Gasteiger partial charge in [-0.25, -0.2) is 4.39 Å². The normalized spacial score (nSPS) is 17.0. The fraction of sp³-hybridized carbons (Fsp3) is 0.263. The summed E-state index contributed by atoms with van der Waals surface area (Å²) in [4.78, 5) is 26.3. The lowest BCUT2D eigenvalue weighted by Crippen LogP contribution is -2.28. The van der Waals surface area contributed by atoms with Crippen LogP contribution in [0, 0.1) is 18.7 Å². The van der Waals surface area contributed by atoms with Gasteiger partial charge in [-0.3, -0.25) is 9.59 Å². The van der Waals surface area contributed by atoms with Gasteiger partial charge in [-0.1, -0.05) is 35.9 Å². The van der Waals surface area contributed by atoms with E-state index in [1.165, 1.54) is 12.1 Å². The summed E-state index contributed by atoms with van der Waals surface area (Å²) in [5.41, 5.74) is 2.05. The number of nitrogens with one attached hydrogen (secondary N) is 1. The predicted molar refractivity (Wildman–Crippen MR) is 94.7 cm³/mol. The van der Waals surface area contributed by atoms with E-state index in [1.807, 2.05) is 18.2 Å². The van der Waals surface area contributed by atoms with Crippen LogP contribution in [0.25, 0.3) is 0 Å². The molecule has 1 N–H and O–H groups in total. The number of hydrogen-bond donors (Lipinski definition) is 1. The number of likely N-dealkylation sites (tertiary alicyclic amines) is 1. The fourth-order valence-electron chi connectivity index (χ4n) is 2.90. The molecule has 2 amide bonds. The van der Waals surface area contributed by atoms with Crippen LogP contribution >= 0.6 is 11.6 Å². The lowest BCUT2D eigenvalue weighted by Gasteiger charge is -2.17. The summed E-state index contributed by atoms with van der Waals surface area (Å²) in [6.45, 7) is 2.49. The Balaban J connectivity index is 1.66. The summed E-state index contributed by atoms with van der Waals surface area (Å²) in [5, 5.41) is 3.32. The molecule has 1 heterocycles. The van der Waals surface area contributed by atoms with Gasteiger partial charge in [-0.05, 0) is 36.2 Å². The molecule has 1 fully saturated rings. The van der Waals surface area contributed by atoms with Crippen LogP contribution in [-0.2, 0) is 16.1 Å². The first-order valence-corrected chi connectivity index (χ1v) is 8.40. The third kappa shape index (κ3) is 3.99. The second-order valence-corrected chi connectivity index (χ2v) is 6.62. The highest BCUT2D eigenvalue weighted by Crippen LogP contribution is 2.25. The summed E-state index contributed by atoms with van der Waals surface area (Å²) in [6, 6.07) is 11.6. The molecule has 1 atom stereocenters. The maximum Gasteiger partial charge on any atom is 0.229 e. The van der Waals surface area contributed by atoms with Crippen molar-refractivity contribution in [2.45, 2.75) is 19.9 Å². The van der Waals surface area contributed by atoms with E-state index < -0.39 is 11.7 Å². The summed E-state index contributed by atoms with van der Waals surface area (Å²) in [5.74, 6) is -1.24. The van der Waals surface area contributed by atoms with Gasteiger partial charge in [0.1, 0.15) is 5.82 Å². The highest BCUT2D eigenvalue weighted by Gasteiger charge is 2.34. The van der Waals surface area contributed by atoms with Crippen molar-refractivity contribution < 1.29 is 14.0 Å². The molecule has 4 nitrogen and oxygen atoms in total. The largest absolute Gasteiger partial charge is 0.337 e. The zero-order valence-electron chi connectivity index (χ0n) is 13.8. The number of carbonyl (C=O) groups is 2. The van der Waals surface area contributed by atoms with Crippen molar-refractivity contribution in [1.82, 2.24) is 4.90 Å². The molecule has 6 heteroatoms. The Kier molecular flexibility index (Phi) is 5.04. The second kappa shape index (κ2) is 7.23. The Hall–Kier alpha value is -2.40. The van der Waals surface area contributed by atoms with Gasteiger partial charge in [0, 0.05) is 30.2 Å². The highest BCUT2D eigenvalue weighted by atomic mass is 35.5. The Bertz CT molecular complexity index is 825. The zero-order valence-corrected chi connectivity index (χ0v) is 14.5. The number of carbonyl (C=O) groups excluding carboxylic acids is 2. The molecule has 1 aliphatic heterocycles. The van der Waals surface area contributed by atoms with Crippen LogP contribution in [0.5, 0.6) is 0 Å². The Morgan fingerprint density at radius 3 is 2.84 bits per heavy atom. The molecule has 130 valence electrons. The average Bonchev–Trinajstić information content (AvgIpc) is 2.94. The van der Waals surface area contributed by atoms with Crippen LogP contribution < -0.4 is 5.32 Å². The van der Waals surface area contributed by atoms with Crippen molar-refractivity contribution in [2.75, 3.05) is 11.9 Å². The van der Waals surface area contributed by atoms with Gasteiger partial charge in [0.2, 0.25) is 11.8 Å². The molecule has 1 saturated heterocycles. The van der Waals surface area contributed by atoms with E-state index in [0.29, 0.717) is 23.8 Å². The van der Waals surface area contributed by atoms with Crippen LogP contribution in [0.2, 0.25) is 5.02 Å². The van der Waals surface area contributed by atoms with E-state index in [0.717, 1.165) is 11.1 Å². The number of rotatable bonds is 4. The van der Waals surface area contributed by atoms with Crippen LogP contribution in [0.1, 0.15) is 17.5 Å². The minimum atomic E-state index is -0.461. The molecule has 0 aliphatic carbocycles. The molecular weight excluding hydrogens is 343 g/mol. The molecule has 3 rings (SSSR count). The topological polar surface area (TPSA) is 49.4 Å². The van der Waals surface area contributed by atoms with E-state index in [-0.39, 0.29) is 18.2 Å². The number of amides is 2.